The third kappa shape index (κ3) is 0.854. The number of rotatable bonds is 1. The lowest BCUT2D eigenvalue weighted by atomic mass is 9.44. The Bertz CT molecular complexity index is 222. The summed E-state index contributed by atoms with van der Waals surface area (Å²) in [5, 5.41) is -0.153. The lowest BCUT2D eigenvalue weighted by molar-refractivity contribution is -0.182. The first kappa shape index (κ1) is 7.03. The third-order valence-corrected chi connectivity index (χ3v) is 2.75. The molecule has 0 atom stereocenters. The largest absolute Gasteiger partial charge is 0.399 e. The molecule has 3 rings (SSSR count). The topological polar surface area (TPSA) is 52.3 Å². The number of esters is 1. The molecule has 3 aliphatic rings. The Balaban J connectivity index is 1.94. The van der Waals surface area contributed by atoms with Crippen molar-refractivity contribution in [3.8, 4) is 0 Å². The van der Waals surface area contributed by atoms with Crippen LogP contribution in [0.5, 0.6) is 0 Å². The van der Waals surface area contributed by atoms with E-state index in [0.717, 1.165) is 25.2 Å². The van der Waals surface area contributed by atoms with Gasteiger partial charge in [-0.05, 0) is 37.4 Å². The van der Waals surface area contributed by atoms with E-state index >= 15 is 0 Å². The lowest BCUT2D eigenvalue weighted by Crippen LogP contribution is -2.57. The van der Waals surface area contributed by atoms with Gasteiger partial charge in [-0.25, -0.2) is 0 Å². The molecule has 0 aromatic rings. The Hall–Kier alpha value is -0.640. The summed E-state index contributed by atoms with van der Waals surface area (Å²) in [6.07, 6.45) is 2.94. The highest BCUT2D eigenvalue weighted by Crippen LogP contribution is 2.64. The van der Waals surface area contributed by atoms with E-state index in [1.807, 2.05) is 0 Å². The molecule has 2 bridgehead atoms. The van der Waals surface area contributed by atoms with Crippen LogP contribution in [0.15, 0.2) is 0 Å². The zero-order valence-electron chi connectivity index (χ0n) is 6.00. The number of hydrogen-bond donors (Lipinski definition) is 1. The average molecular weight is 171 g/mol. The van der Waals surface area contributed by atoms with Crippen molar-refractivity contribution in [3.05, 3.63) is 0 Å². The third-order valence-electron chi connectivity index (χ3n) is 2.66. The molecule has 0 heterocycles. The number of carbonyl (C=O) groups excluding carboxylic acids is 1. The second-order valence-electron chi connectivity index (χ2n) is 3.47. The fraction of sp³-hybridized carbons (Fsp3) is 0.714. The normalized spacial score (nSPS) is 38.4. The van der Waals surface area contributed by atoms with E-state index in [0.29, 0.717) is 0 Å². The van der Waals surface area contributed by atoms with Crippen molar-refractivity contribution in [2.24, 2.45) is 17.1 Å². The summed E-state index contributed by atoms with van der Waals surface area (Å²) >= 11 is 4.46. The van der Waals surface area contributed by atoms with Crippen LogP contribution in [0.2, 0.25) is 0 Å². The number of carbonyl (C=O) groups is 1. The quantitative estimate of drug-likeness (QED) is 0.463. The van der Waals surface area contributed by atoms with Crippen LogP contribution in [0.3, 0.4) is 0 Å². The first-order chi connectivity index (χ1) is 5.12. The fourth-order valence-electron chi connectivity index (χ4n) is 1.93. The van der Waals surface area contributed by atoms with Crippen LogP contribution in [0.4, 0.5) is 0 Å². The van der Waals surface area contributed by atoms with E-state index in [2.05, 4.69) is 17.0 Å². The van der Waals surface area contributed by atoms with Gasteiger partial charge in [0.2, 0.25) is 0 Å². The van der Waals surface area contributed by atoms with E-state index in [1.54, 1.807) is 0 Å². The van der Waals surface area contributed by atoms with Gasteiger partial charge in [0.15, 0.2) is 0 Å². The van der Waals surface area contributed by atoms with Crippen LogP contribution in [0, 0.1) is 11.3 Å². The molecule has 0 aliphatic heterocycles. The van der Waals surface area contributed by atoms with Crippen molar-refractivity contribution in [2.75, 3.05) is 0 Å². The zero-order chi connectivity index (χ0) is 8.06. The molecule has 0 saturated heterocycles. The Morgan fingerprint density at radius 1 is 1.55 bits per heavy atom. The highest BCUT2D eigenvalue weighted by Gasteiger charge is 2.62. The minimum atomic E-state index is -0.215. The molecule has 4 heteroatoms. The predicted molar refractivity (Wildman–Crippen MR) is 42.7 cm³/mol. The van der Waals surface area contributed by atoms with Gasteiger partial charge in [0.25, 0.3) is 5.17 Å². The molecule has 11 heavy (non-hydrogen) atoms. The number of ether oxygens (including phenoxy) is 1. The van der Waals surface area contributed by atoms with Gasteiger partial charge in [-0.15, -0.1) is 0 Å². The molecule has 3 aliphatic carbocycles. The van der Waals surface area contributed by atoms with Gasteiger partial charge < -0.3 is 10.5 Å². The summed E-state index contributed by atoms with van der Waals surface area (Å²) in [6.45, 7) is 0. The molecule has 3 nitrogen and oxygen atoms in total. The molecule has 60 valence electrons. The molecule has 0 aromatic carbocycles. The molecule has 0 radical (unpaired) electrons. The molecular weight excluding hydrogens is 162 g/mol. The van der Waals surface area contributed by atoms with Crippen LogP contribution in [-0.2, 0) is 9.53 Å². The molecule has 3 fully saturated rings. The molecule has 0 amide bonds. The number of hydrogen-bond acceptors (Lipinski definition) is 3. The van der Waals surface area contributed by atoms with Gasteiger partial charge in [0.05, 0.1) is 5.41 Å². The van der Waals surface area contributed by atoms with Crippen molar-refractivity contribution >= 4 is 23.4 Å². The molecule has 0 unspecified atom stereocenters. The van der Waals surface area contributed by atoms with Crippen molar-refractivity contribution in [1.29, 1.82) is 0 Å². The number of nitrogens with two attached hydrogens (primary N) is 1. The second-order valence-corrected chi connectivity index (χ2v) is 3.87. The number of thiocarbonyl (C=S) groups is 1. The second kappa shape index (κ2) is 1.94. The first-order valence-electron chi connectivity index (χ1n) is 3.64. The molecule has 3 saturated carbocycles. The fourth-order valence-corrected chi connectivity index (χ4v) is 2.00. The van der Waals surface area contributed by atoms with Crippen molar-refractivity contribution in [3.63, 3.8) is 0 Å². The van der Waals surface area contributed by atoms with E-state index in [1.165, 1.54) is 0 Å². The molecule has 0 spiro atoms. The molecule has 2 N–H and O–H groups in total. The van der Waals surface area contributed by atoms with Crippen LogP contribution in [0.25, 0.3) is 0 Å². The lowest BCUT2D eigenvalue weighted by Gasteiger charge is -2.58. The van der Waals surface area contributed by atoms with Gasteiger partial charge in [0, 0.05) is 0 Å². The summed E-state index contributed by atoms with van der Waals surface area (Å²) in [7, 11) is 0. The van der Waals surface area contributed by atoms with Gasteiger partial charge in [-0.2, -0.15) is 0 Å². The maximum Gasteiger partial charge on any atom is 0.319 e. The Morgan fingerprint density at radius 3 is 2.36 bits per heavy atom. The first-order valence-corrected chi connectivity index (χ1v) is 4.05. The van der Waals surface area contributed by atoms with Crippen molar-refractivity contribution in [2.45, 2.75) is 19.3 Å². The maximum atomic E-state index is 11.2. The summed E-state index contributed by atoms with van der Waals surface area (Å²) in [5.41, 5.74) is 4.90. The van der Waals surface area contributed by atoms with Gasteiger partial charge in [0.1, 0.15) is 0 Å². The maximum absolute atomic E-state index is 11.2. The average Bonchev–Trinajstić information content (AvgIpc) is 1.50. The SMILES string of the molecule is NC(=S)OC(=O)C12CC(C1)C2. The summed E-state index contributed by atoms with van der Waals surface area (Å²) in [6, 6.07) is 0. The minimum Gasteiger partial charge on any atom is -0.399 e. The van der Waals surface area contributed by atoms with Crippen LogP contribution in [0.1, 0.15) is 19.3 Å². The Labute approximate surface area is 69.9 Å². The van der Waals surface area contributed by atoms with Crippen molar-refractivity contribution < 1.29 is 9.53 Å². The van der Waals surface area contributed by atoms with E-state index < -0.39 is 0 Å². The summed E-state index contributed by atoms with van der Waals surface area (Å²) < 4.78 is 4.67. The van der Waals surface area contributed by atoms with Crippen molar-refractivity contribution in [1.82, 2.24) is 0 Å². The van der Waals surface area contributed by atoms with Gasteiger partial charge >= 0.3 is 5.97 Å². The van der Waals surface area contributed by atoms with E-state index in [4.69, 9.17) is 5.73 Å². The van der Waals surface area contributed by atoms with Crippen LogP contribution < -0.4 is 5.73 Å². The predicted octanol–water partition coefficient (Wildman–Crippen LogP) is 0.573. The smallest absolute Gasteiger partial charge is 0.319 e. The van der Waals surface area contributed by atoms with Crippen LogP contribution >= 0.6 is 12.2 Å². The highest BCUT2D eigenvalue weighted by atomic mass is 32.1. The molecule has 0 aromatic heterocycles. The van der Waals surface area contributed by atoms with E-state index in [9.17, 15) is 4.79 Å². The van der Waals surface area contributed by atoms with Crippen LogP contribution in [-0.4, -0.2) is 11.1 Å². The van der Waals surface area contributed by atoms with Gasteiger partial charge in [-0.3, -0.25) is 4.79 Å². The minimum absolute atomic E-state index is 0.153. The Morgan fingerprint density at radius 2 is 2.09 bits per heavy atom. The van der Waals surface area contributed by atoms with Gasteiger partial charge in [-0.1, -0.05) is 0 Å². The van der Waals surface area contributed by atoms with E-state index in [-0.39, 0.29) is 16.6 Å². The summed E-state index contributed by atoms with van der Waals surface area (Å²) in [5.74, 6) is 0.557. The Kier molecular flexibility index (Phi) is 1.24. The molecular formula is C7H9NO2S. The monoisotopic (exact) mass is 171 g/mol. The zero-order valence-corrected chi connectivity index (χ0v) is 6.82. The summed E-state index contributed by atoms with van der Waals surface area (Å²) in [4.78, 5) is 11.2. The standard InChI is InChI=1S/C7H9NO2S/c8-6(11)10-5(9)7-1-4(2-7)3-7/h4H,1-3H2,(H2,8,11). The highest BCUT2D eigenvalue weighted by molar-refractivity contribution is 7.80.